The topological polar surface area (TPSA) is 63.7 Å². The summed E-state index contributed by atoms with van der Waals surface area (Å²) in [6.45, 7) is 2.00. The molecule has 0 fully saturated rings. The van der Waals surface area contributed by atoms with Gasteiger partial charge in [-0.1, -0.05) is 0 Å². The summed E-state index contributed by atoms with van der Waals surface area (Å²) in [5.74, 6) is -0.738. The highest BCUT2D eigenvalue weighted by Gasteiger charge is 2.25. The maximum Gasteiger partial charge on any atom is 0.293 e. The molecule has 0 aromatic heterocycles. The third-order valence-corrected chi connectivity index (χ3v) is 1.63. The van der Waals surface area contributed by atoms with Crippen LogP contribution in [0, 0.1) is 0 Å². The highest BCUT2D eigenvalue weighted by atomic mass is 16.5. The molecule has 1 unspecified atom stereocenters. The molecule has 1 heterocycles. The lowest BCUT2D eigenvalue weighted by molar-refractivity contribution is -0.143. The first-order chi connectivity index (χ1) is 6.15. The molecule has 0 aromatic rings. The molecule has 1 aliphatic heterocycles. The van der Waals surface area contributed by atoms with E-state index in [-0.39, 0.29) is 18.4 Å². The van der Waals surface area contributed by atoms with Crippen molar-refractivity contribution in [3.05, 3.63) is 12.2 Å². The summed E-state index contributed by atoms with van der Waals surface area (Å²) in [7, 11) is 0. The van der Waals surface area contributed by atoms with Crippen LogP contribution >= 0.6 is 0 Å². The summed E-state index contributed by atoms with van der Waals surface area (Å²) >= 11 is 0. The van der Waals surface area contributed by atoms with Crippen molar-refractivity contribution >= 4 is 18.3 Å². The van der Waals surface area contributed by atoms with Crippen LogP contribution in [0.1, 0.15) is 6.92 Å². The second-order valence-corrected chi connectivity index (χ2v) is 2.66. The molecular weight excluding hydrogens is 174 g/mol. The van der Waals surface area contributed by atoms with Crippen molar-refractivity contribution in [1.29, 1.82) is 0 Å². The van der Waals surface area contributed by atoms with Crippen molar-refractivity contribution in [2.75, 3.05) is 6.54 Å². The van der Waals surface area contributed by atoms with E-state index in [1.807, 2.05) is 0 Å². The molecule has 0 radical (unpaired) electrons. The van der Waals surface area contributed by atoms with Crippen molar-refractivity contribution in [2.45, 2.75) is 13.0 Å². The molecule has 1 aliphatic rings. The summed E-state index contributed by atoms with van der Waals surface area (Å²) in [6, 6.07) is 0. The first-order valence-corrected chi connectivity index (χ1v) is 3.78. The maximum atomic E-state index is 11.0. The minimum atomic E-state index is -0.467. The van der Waals surface area contributed by atoms with Crippen molar-refractivity contribution < 1.29 is 19.1 Å². The number of ether oxygens (including phenoxy) is 1. The Hall–Kier alpha value is -1.65. The highest BCUT2D eigenvalue weighted by molar-refractivity contribution is 6.12. The molecule has 0 aliphatic carbocycles. The van der Waals surface area contributed by atoms with E-state index in [0.717, 1.165) is 4.90 Å². The zero-order chi connectivity index (χ0) is 9.84. The molecule has 0 bridgehead atoms. The van der Waals surface area contributed by atoms with Gasteiger partial charge in [0, 0.05) is 12.2 Å². The third-order valence-electron chi connectivity index (χ3n) is 1.63. The summed E-state index contributed by atoms with van der Waals surface area (Å²) in [6.07, 6.45) is 1.91. The lowest BCUT2D eigenvalue weighted by Gasteiger charge is -2.17. The molecule has 5 heteroatoms. The number of nitrogens with zero attached hydrogens (tertiary/aromatic N) is 1. The van der Waals surface area contributed by atoms with Gasteiger partial charge in [-0.2, -0.15) is 0 Å². The van der Waals surface area contributed by atoms with Gasteiger partial charge in [-0.25, -0.2) is 0 Å². The van der Waals surface area contributed by atoms with Gasteiger partial charge in [0.25, 0.3) is 18.3 Å². The SMILES string of the molecule is CC(CN1C(=O)C=CC1=O)OC=O. The standard InChI is InChI=1S/C8H9NO4/c1-6(13-5-10)4-9-7(11)2-3-8(9)12/h2-3,5-6H,4H2,1H3. The predicted molar refractivity (Wildman–Crippen MR) is 42.5 cm³/mol. The second-order valence-electron chi connectivity index (χ2n) is 2.66. The minimum Gasteiger partial charge on any atom is -0.463 e. The van der Waals surface area contributed by atoms with Gasteiger partial charge in [0.15, 0.2) is 0 Å². The van der Waals surface area contributed by atoms with Crippen LogP contribution < -0.4 is 0 Å². The summed E-state index contributed by atoms with van der Waals surface area (Å²) < 4.78 is 4.55. The Morgan fingerprint density at radius 3 is 2.46 bits per heavy atom. The van der Waals surface area contributed by atoms with E-state index in [9.17, 15) is 14.4 Å². The van der Waals surface area contributed by atoms with Crippen LogP contribution in [0.4, 0.5) is 0 Å². The van der Waals surface area contributed by atoms with Gasteiger partial charge in [0.2, 0.25) is 0 Å². The van der Waals surface area contributed by atoms with Crippen molar-refractivity contribution in [2.24, 2.45) is 0 Å². The van der Waals surface area contributed by atoms with Gasteiger partial charge >= 0.3 is 0 Å². The quantitative estimate of drug-likeness (QED) is 0.434. The number of amides is 2. The van der Waals surface area contributed by atoms with Gasteiger partial charge in [0.05, 0.1) is 6.54 Å². The molecule has 0 spiro atoms. The molecule has 0 aromatic carbocycles. The second kappa shape index (κ2) is 3.84. The van der Waals surface area contributed by atoms with E-state index >= 15 is 0 Å². The summed E-state index contributed by atoms with van der Waals surface area (Å²) in [5.41, 5.74) is 0. The number of carbonyl (C=O) groups is 3. The van der Waals surface area contributed by atoms with Gasteiger partial charge in [0.1, 0.15) is 6.10 Å². The molecule has 1 atom stereocenters. The van der Waals surface area contributed by atoms with Crippen molar-refractivity contribution in [3.8, 4) is 0 Å². The van der Waals surface area contributed by atoms with Crippen LogP contribution in [0.2, 0.25) is 0 Å². The largest absolute Gasteiger partial charge is 0.463 e. The van der Waals surface area contributed by atoms with Crippen LogP contribution in [0.5, 0.6) is 0 Å². The summed E-state index contributed by atoms with van der Waals surface area (Å²) in [5, 5.41) is 0. The monoisotopic (exact) mass is 183 g/mol. The third kappa shape index (κ3) is 2.14. The smallest absolute Gasteiger partial charge is 0.293 e. The summed E-state index contributed by atoms with van der Waals surface area (Å²) in [4.78, 5) is 32.9. The predicted octanol–water partition coefficient (Wildman–Crippen LogP) is -0.527. The highest BCUT2D eigenvalue weighted by Crippen LogP contribution is 2.05. The van der Waals surface area contributed by atoms with E-state index in [1.165, 1.54) is 12.2 Å². The van der Waals surface area contributed by atoms with Crippen LogP contribution in [0.15, 0.2) is 12.2 Å². The van der Waals surface area contributed by atoms with E-state index in [4.69, 9.17) is 0 Å². The van der Waals surface area contributed by atoms with Gasteiger partial charge < -0.3 is 4.74 Å². The zero-order valence-corrected chi connectivity index (χ0v) is 7.10. The molecular formula is C8H9NO4. The number of carbonyl (C=O) groups excluding carboxylic acids is 3. The number of imide groups is 1. The number of rotatable bonds is 4. The van der Waals surface area contributed by atoms with Crippen molar-refractivity contribution in [1.82, 2.24) is 4.90 Å². The Labute approximate surface area is 75.0 Å². The fraction of sp³-hybridized carbons (Fsp3) is 0.375. The van der Waals surface area contributed by atoms with Crippen LogP contribution in [0.3, 0.4) is 0 Å². The fourth-order valence-electron chi connectivity index (χ4n) is 1.01. The maximum absolute atomic E-state index is 11.0. The molecule has 70 valence electrons. The van der Waals surface area contributed by atoms with E-state index < -0.39 is 6.10 Å². The van der Waals surface area contributed by atoms with Crippen LogP contribution in [-0.4, -0.2) is 35.8 Å². The number of hydrogen-bond acceptors (Lipinski definition) is 4. The van der Waals surface area contributed by atoms with E-state index in [0.29, 0.717) is 6.47 Å². The molecule has 0 N–H and O–H groups in total. The van der Waals surface area contributed by atoms with Gasteiger partial charge in [-0.15, -0.1) is 0 Å². The Bertz CT molecular complexity index is 253. The average molecular weight is 183 g/mol. The molecule has 1 rings (SSSR count). The Morgan fingerprint density at radius 2 is 2.00 bits per heavy atom. The van der Waals surface area contributed by atoms with E-state index in [2.05, 4.69) is 4.74 Å². The Kier molecular flexibility index (Phi) is 2.79. The Morgan fingerprint density at radius 1 is 1.46 bits per heavy atom. The first-order valence-electron chi connectivity index (χ1n) is 3.78. The molecule has 5 nitrogen and oxygen atoms in total. The first kappa shape index (κ1) is 9.44. The van der Waals surface area contributed by atoms with E-state index in [1.54, 1.807) is 6.92 Å². The fourth-order valence-corrected chi connectivity index (χ4v) is 1.01. The average Bonchev–Trinajstić information content (AvgIpc) is 2.36. The molecule has 0 saturated heterocycles. The Balaban J connectivity index is 2.49. The molecule has 2 amide bonds. The number of hydrogen-bond donors (Lipinski definition) is 0. The molecule has 13 heavy (non-hydrogen) atoms. The lowest BCUT2D eigenvalue weighted by atomic mass is 10.3. The zero-order valence-electron chi connectivity index (χ0n) is 7.10. The minimum absolute atomic E-state index is 0.101. The van der Waals surface area contributed by atoms with Crippen LogP contribution in [0.25, 0.3) is 0 Å². The normalized spacial score (nSPS) is 17.8. The van der Waals surface area contributed by atoms with Crippen molar-refractivity contribution in [3.63, 3.8) is 0 Å². The van der Waals surface area contributed by atoms with Crippen LogP contribution in [-0.2, 0) is 19.1 Å². The molecule has 0 saturated carbocycles. The van der Waals surface area contributed by atoms with Gasteiger partial charge in [-0.3, -0.25) is 19.3 Å². The van der Waals surface area contributed by atoms with Gasteiger partial charge in [-0.05, 0) is 6.92 Å². The lowest BCUT2D eigenvalue weighted by Crippen LogP contribution is -2.36.